The van der Waals surface area contributed by atoms with Crippen molar-refractivity contribution >= 4 is 27.5 Å². The number of amides is 1. The molecule has 1 heterocycles. The van der Waals surface area contributed by atoms with Gasteiger partial charge in [-0.3, -0.25) is 4.79 Å². The first-order valence-electron chi connectivity index (χ1n) is 4.85. The zero-order valence-electron chi connectivity index (χ0n) is 8.59. The van der Waals surface area contributed by atoms with Crippen LogP contribution < -0.4 is 10.6 Å². The molecule has 1 aromatic heterocycles. The number of pyridine rings is 1. The molecule has 2 N–H and O–H groups in total. The SMILES string of the molecule is CCNCCC(=O)Nc1cccnc1Br. The summed E-state index contributed by atoms with van der Waals surface area (Å²) in [5.41, 5.74) is 0.707. The van der Waals surface area contributed by atoms with Gasteiger partial charge in [0.15, 0.2) is 0 Å². The van der Waals surface area contributed by atoms with Crippen molar-refractivity contribution in [1.29, 1.82) is 0 Å². The molecule has 0 aromatic carbocycles. The van der Waals surface area contributed by atoms with Crippen LogP contribution in [0.25, 0.3) is 0 Å². The zero-order valence-corrected chi connectivity index (χ0v) is 10.2. The number of rotatable bonds is 5. The minimum atomic E-state index is -0.00958. The van der Waals surface area contributed by atoms with Crippen molar-refractivity contribution in [3.8, 4) is 0 Å². The van der Waals surface area contributed by atoms with Crippen molar-refractivity contribution in [3.63, 3.8) is 0 Å². The van der Waals surface area contributed by atoms with Crippen molar-refractivity contribution in [2.24, 2.45) is 0 Å². The highest BCUT2D eigenvalue weighted by atomic mass is 79.9. The largest absolute Gasteiger partial charge is 0.324 e. The maximum atomic E-state index is 11.4. The summed E-state index contributed by atoms with van der Waals surface area (Å²) in [6, 6.07) is 3.59. The average molecular weight is 272 g/mol. The number of nitrogens with one attached hydrogen (secondary N) is 2. The molecule has 0 aliphatic carbocycles. The number of carbonyl (C=O) groups is 1. The molecule has 0 fully saturated rings. The molecule has 0 atom stereocenters. The number of halogens is 1. The fraction of sp³-hybridized carbons (Fsp3) is 0.400. The molecule has 0 aliphatic rings. The molecule has 0 unspecified atom stereocenters. The molecule has 15 heavy (non-hydrogen) atoms. The molecule has 1 amide bonds. The number of hydrogen-bond donors (Lipinski definition) is 2. The smallest absolute Gasteiger partial charge is 0.225 e. The minimum absolute atomic E-state index is 0.00958. The van der Waals surface area contributed by atoms with Gasteiger partial charge in [-0.05, 0) is 34.6 Å². The van der Waals surface area contributed by atoms with E-state index < -0.39 is 0 Å². The van der Waals surface area contributed by atoms with E-state index in [2.05, 4.69) is 31.5 Å². The number of carbonyl (C=O) groups excluding carboxylic acids is 1. The number of aromatic nitrogens is 1. The van der Waals surface area contributed by atoms with Crippen LogP contribution in [0.5, 0.6) is 0 Å². The lowest BCUT2D eigenvalue weighted by Gasteiger charge is -2.06. The van der Waals surface area contributed by atoms with Crippen LogP contribution in [0.15, 0.2) is 22.9 Å². The van der Waals surface area contributed by atoms with E-state index in [1.54, 1.807) is 12.3 Å². The Balaban J connectivity index is 2.41. The summed E-state index contributed by atoms with van der Waals surface area (Å²) in [7, 11) is 0. The van der Waals surface area contributed by atoms with Gasteiger partial charge >= 0.3 is 0 Å². The van der Waals surface area contributed by atoms with E-state index in [9.17, 15) is 4.79 Å². The minimum Gasteiger partial charge on any atom is -0.324 e. The molecule has 1 rings (SSSR count). The van der Waals surface area contributed by atoms with Gasteiger partial charge in [-0.2, -0.15) is 0 Å². The normalized spacial score (nSPS) is 10.0. The molecule has 0 spiro atoms. The van der Waals surface area contributed by atoms with Crippen LogP contribution >= 0.6 is 15.9 Å². The molecular weight excluding hydrogens is 258 g/mol. The summed E-state index contributed by atoms with van der Waals surface area (Å²) in [6.07, 6.45) is 2.13. The fourth-order valence-electron chi connectivity index (χ4n) is 1.07. The van der Waals surface area contributed by atoms with Crippen LogP contribution in [-0.2, 0) is 4.79 Å². The third kappa shape index (κ3) is 4.40. The summed E-state index contributed by atoms with van der Waals surface area (Å²) >= 11 is 3.27. The highest BCUT2D eigenvalue weighted by Gasteiger charge is 2.04. The molecule has 82 valence electrons. The quantitative estimate of drug-likeness (QED) is 0.634. The first kappa shape index (κ1) is 12.1. The number of hydrogen-bond acceptors (Lipinski definition) is 3. The second kappa shape index (κ2) is 6.53. The van der Waals surface area contributed by atoms with Gasteiger partial charge in [0, 0.05) is 19.2 Å². The Kier molecular flexibility index (Phi) is 5.28. The maximum Gasteiger partial charge on any atom is 0.225 e. The predicted molar refractivity (Wildman–Crippen MR) is 63.7 cm³/mol. The molecular formula is C10H14BrN3O. The molecule has 0 radical (unpaired) electrons. The van der Waals surface area contributed by atoms with Gasteiger partial charge in [-0.15, -0.1) is 0 Å². The lowest BCUT2D eigenvalue weighted by atomic mass is 10.3. The van der Waals surface area contributed by atoms with Crippen molar-refractivity contribution in [1.82, 2.24) is 10.3 Å². The molecule has 5 heteroatoms. The molecule has 0 bridgehead atoms. The molecule has 0 aliphatic heterocycles. The van der Waals surface area contributed by atoms with E-state index in [1.165, 1.54) is 0 Å². The second-order valence-electron chi connectivity index (χ2n) is 2.99. The lowest BCUT2D eigenvalue weighted by Crippen LogP contribution is -2.21. The van der Waals surface area contributed by atoms with Gasteiger partial charge in [0.05, 0.1) is 5.69 Å². The first-order valence-corrected chi connectivity index (χ1v) is 5.64. The van der Waals surface area contributed by atoms with Gasteiger partial charge < -0.3 is 10.6 Å². The van der Waals surface area contributed by atoms with Crippen LogP contribution in [0.4, 0.5) is 5.69 Å². The zero-order chi connectivity index (χ0) is 11.1. The summed E-state index contributed by atoms with van der Waals surface area (Å²) < 4.78 is 0.654. The van der Waals surface area contributed by atoms with Crippen LogP contribution in [0.3, 0.4) is 0 Å². The average Bonchev–Trinajstić information content (AvgIpc) is 2.22. The third-order valence-electron chi connectivity index (χ3n) is 1.81. The monoisotopic (exact) mass is 271 g/mol. The number of nitrogens with zero attached hydrogens (tertiary/aromatic N) is 1. The van der Waals surface area contributed by atoms with Gasteiger partial charge in [-0.25, -0.2) is 4.98 Å². The highest BCUT2D eigenvalue weighted by molar-refractivity contribution is 9.10. The van der Waals surface area contributed by atoms with E-state index in [4.69, 9.17) is 0 Å². The van der Waals surface area contributed by atoms with E-state index in [0.29, 0.717) is 23.3 Å². The molecule has 0 saturated heterocycles. The van der Waals surface area contributed by atoms with Gasteiger partial charge in [0.2, 0.25) is 5.91 Å². The van der Waals surface area contributed by atoms with Crippen molar-refractivity contribution in [2.75, 3.05) is 18.4 Å². The Morgan fingerprint density at radius 3 is 3.07 bits per heavy atom. The van der Waals surface area contributed by atoms with Crippen LogP contribution in [0.2, 0.25) is 0 Å². The Morgan fingerprint density at radius 2 is 2.40 bits per heavy atom. The summed E-state index contributed by atoms with van der Waals surface area (Å²) in [5, 5.41) is 5.87. The Bertz CT molecular complexity index is 330. The predicted octanol–water partition coefficient (Wildman–Crippen LogP) is 1.78. The lowest BCUT2D eigenvalue weighted by molar-refractivity contribution is -0.116. The van der Waals surface area contributed by atoms with Gasteiger partial charge in [-0.1, -0.05) is 6.92 Å². The first-order chi connectivity index (χ1) is 7.24. The van der Waals surface area contributed by atoms with Crippen LogP contribution in [0, 0.1) is 0 Å². The number of anilines is 1. The molecule has 1 aromatic rings. The van der Waals surface area contributed by atoms with E-state index in [1.807, 2.05) is 13.0 Å². The topological polar surface area (TPSA) is 54.0 Å². The summed E-state index contributed by atoms with van der Waals surface area (Å²) in [5.74, 6) is -0.00958. The fourth-order valence-corrected chi connectivity index (χ4v) is 1.42. The Labute approximate surface area is 97.6 Å². The maximum absolute atomic E-state index is 11.4. The third-order valence-corrected chi connectivity index (χ3v) is 2.44. The van der Waals surface area contributed by atoms with Gasteiger partial charge in [0.1, 0.15) is 4.60 Å². The Morgan fingerprint density at radius 1 is 1.60 bits per heavy atom. The second-order valence-corrected chi connectivity index (χ2v) is 3.74. The van der Waals surface area contributed by atoms with Crippen LogP contribution in [-0.4, -0.2) is 24.0 Å². The van der Waals surface area contributed by atoms with Crippen molar-refractivity contribution in [3.05, 3.63) is 22.9 Å². The standard InChI is InChI=1S/C10H14BrN3O/c1-2-12-7-5-9(15)14-8-4-3-6-13-10(8)11/h3-4,6,12H,2,5,7H2,1H3,(H,14,15). The summed E-state index contributed by atoms with van der Waals surface area (Å²) in [6.45, 7) is 3.58. The van der Waals surface area contributed by atoms with Gasteiger partial charge in [0.25, 0.3) is 0 Å². The van der Waals surface area contributed by atoms with Crippen molar-refractivity contribution < 1.29 is 4.79 Å². The van der Waals surface area contributed by atoms with E-state index >= 15 is 0 Å². The highest BCUT2D eigenvalue weighted by Crippen LogP contribution is 2.18. The van der Waals surface area contributed by atoms with Crippen LogP contribution in [0.1, 0.15) is 13.3 Å². The van der Waals surface area contributed by atoms with Crippen molar-refractivity contribution in [2.45, 2.75) is 13.3 Å². The van der Waals surface area contributed by atoms with E-state index in [-0.39, 0.29) is 5.91 Å². The Hall–Kier alpha value is -0.940. The molecule has 4 nitrogen and oxygen atoms in total. The van der Waals surface area contributed by atoms with E-state index in [0.717, 1.165) is 6.54 Å². The summed E-state index contributed by atoms with van der Waals surface area (Å²) in [4.78, 5) is 15.5. The molecule has 0 saturated carbocycles.